The number of halogens is 1. The van der Waals surface area contributed by atoms with Crippen LogP contribution in [0.1, 0.15) is 10.5 Å². The van der Waals surface area contributed by atoms with Crippen LogP contribution >= 0.6 is 11.6 Å². The minimum absolute atomic E-state index is 0.0162. The second-order valence-corrected chi connectivity index (χ2v) is 6.62. The van der Waals surface area contributed by atoms with Crippen molar-refractivity contribution in [2.24, 2.45) is 0 Å². The van der Waals surface area contributed by atoms with Crippen LogP contribution in [0.15, 0.2) is 24.3 Å². The predicted octanol–water partition coefficient (Wildman–Crippen LogP) is 1.65. The highest BCUT2D eigenvalue weighted by atomic mass is 35.5. The Labute approximate surface area is 145 Å². The van der Waals surface area contributed by atoms with E-state index >= 15 is 0 Å². The molecule has 0 aliphatic carbocycles. The van der Waals surface area contributed by atoms with E-state index in [4.69, 9.17) is 21.1 Å². The third kappa shape index (κ3) is 3.02. The number of nitrogens with zero attached hydrogens (tertiary/aromatic N) is 1. The van der Waals surface area contributed by atoms with Gasteiger partial charge in [0.2, 0.25) is 0 Å². The highest BCUT2D eigenvalue weighted by Crippen LogP contribution is 2.24. The van der Waals surface area contributed by atoms with Crippen molar-refractivity contribution in [3.8, 4) is 0 Å². The van der Waals surface area contributed by atoms with Crippen molar-refractivity contribution >= 4 is 28.4 Å². The highest BCUT2D eigenvalue weighted by molar-refractivity contribution is 6.35. The second kappa shape index (κ2) is 6.72. The van der Waals surface area contributed by atoms with E-state index in [2.05, 4.69) is 15.2 Å². The van der Waals surface area contributed by atoms with Crippen LogP contribution in [0.4, 0.5) is 0 Å². The number of aromatic nitrogens is 1. The fraction of sp³-hybridized carbons (Fsp3) is 0.471. The predicted molar refractivity (Wildman–Crippen MR) is 91.6 cm³/mol. The summed E-state index contributed by atoms with van der Waals surface area (Å²) in [5.74, 6) is -0.129. The third-order valence-corrected chi connectivity index (χ3v) is 5.07. The number of aromatic amines is 1. The van der Waals surface area contributed by atoms with Crippen LogP contribution < -0.4 is 5.32 Å². The molecule has 0 unspecified atom stereocenters. The van der Waals surface area contributed by atoms with Crippen LogP contribution in [-0.2, 0) is 9.47 Å². The van der Waals surface area contributed by atoms with Gasteiger partial charge in [-0.25, -0.2) is 0 Å². The molecule has 2 atom stereocenters. The molecule has 0 saturated carbocycles. The molecule has 24 heavy (non-hydrogen) atoms. The van der Waals surface area contributed by atoms with Crippen molar-refractivity contribution in [1.82, 2.24) is 15.2 Å². The first-order valence-electron chi connectivity index (χ1n) is 8.20. The molecule has 1 aromatic heterocycles. The molecule has 4 rings (SSSR count). The molecule has 2 N–H and O–H groups in total. The number of ether oxygens (including phenoxy) is 2. The molecule has 1 amide bonds. The topological polar surface area (TPSA) is 66.6 Å². The zero-order valence-corrected chi connectivity index (χ0v) is 14.0. The summed E-state index contributed by atoms with van der Waals surface area (Å²) in [6.45, 7) is 4.40. The van der Waals surface area contributed by atoms with Gasteiger partial charge in [0, 0.05) is 29.0 Å². The smallest absolute Gasteiger partial charge is 0.268 e. The summed E-state index contributed by atoms with van der Waals surface area (Å²) in [6, 6.07) is 7.57. The van der Waals surface area contributed by atoms with Crippen molar-refractivity contribution in [2.45, 2.75) is 12.1 Å². The number of carbonyl (C=O) groups is 1. The number of carbonyl (C=O) groups excluding carboxylic acids is 1. The Kier molecular flexibility index (Phi) is 4.45. The number of H-pyrrole nitrogens is 1. The number of benzene rings is 1. The third-order valence-electron chi connectivity index (χ3n) is 4.74. The van der Waals surface area contributed by atoms with Crippen LogP contribution in [0, 0.1) is 0 Å². The number of rotatable bonds is 3. The van der Waals surface area contributed by atoms with Gasteiger partial charge in [0.15, 0.2) is 0 Å². The Hall–Kier alpha value is -1.60. The highest BCUT2D eigenvalue weighted by Gasteiger charge is 2.35. The zero-order chi connectivity index (χ0) is 16.5. The lowest BCUT2D eigenvalue weighted by Gasteiger charge is -2.34. The SMILES string of the molecule is O=C(N[C@H]1COC[C@@H]1N1CCOCC1)c1cc2c(Cl)cccc2[nH]1. The van der Waals surface area contributed by atoms with Gasteiger partial charge >= 0.3 is 0 Å². The maximum Gasteiger partial charge on any atom is 0.268 e. The molecule has 7 heteroatoms. The summed E-state index contributed by atoms with van der Waals surface area (Å²) in [5.41, 5.74) is 1.38. The number of hydrogen-bond donors (Lipinski definition) is 2. The van der Waals surface area contributed by atoms with Crippen molar-refractivity contribution in [1.29, 1.82) is 0 Å². The van der Waals surface area contributed by atoms with Crippen LogP contribution in [0.25, 0.3) is 10.9 Å². The summed E-state index contributed by atoms with van der Waals surface area (Å²) >= 11 is 6.18. The van der Waals surface area contributed by atoms with E-state index in [0.29, 0.717) is 23.9 Å². The minimum atomic E-state index is -0.129. The summed E-state index contributed by atoms with van der Waals surface area (Å²) < 4.78 is 11.0. The van der Waals surface area contributed by atoms with Crippen molar-refractivity contribution in [3.63, 3.8) is 0 Å². The monoisotopic (exact) mass is 349 g/mol. The standard InChI is InChI=1S/C17H20ClN3O3/c18-12-2-1-3-13-11(12)8-14(19-13)17(22)20-15-9-24-10-16(15)21-4-6-23-7-5-21/h1-3,8,15-16,19H,4-7,9-10H2,(H,20,22)/t15-,16-/m0/s1. The molecule has 0 spiro atoms. The number of morpholine rings is 1. The summed E-state index contributed by atoms with van der Waals surface area (Å²) in [6.07, 6.45) is 0. The van der Waals surface area contributed by atoms with E-state index in [1.54, 1.807) is 6.07 Å². The van der Waals surface area contributed by atoms with Gasteiger partial charge in [-0.1, -0.05) is 17.7 Å². The Balaban J connectivity index is 1.48. The van der Waals surface area contributed by atoms with Crippen molar-refractivity contribution < 1.29 is 14.3 Å². The molecule has 2 aliphatic rings. The van der Waals surface area contributed by atoms with E-state index in [0.717, 1.165) is 37.2 Å². The summed E-state index contributed by atoms with van der Waals surface area (Å²) in [5, 5.41) is 4.60. The molecule has 3 heterocycles. The van der Waals surface area contributed by atoms with E-state index in [1.165, 1.54) is 0 Å². The Bertz CT molecular complexity index is 742. The van der Waals surface area contributed by atoms with Gasteiger partial charge in [-0.05, 0) is 18.2 Å². The number of nitrogens with one attached hydrogen (secondary N) is 2. The second-order valence-electron chi connectivity index (χ2n) is 6.22. The number of fused-ring (bicyclic) bond motifs is 1. The maximum atomic E-state index is 12.6. The van der Waals surface area contributed by atoms with Crippen LogP contribution in [0.2, 0.25) is 5.02 Å². The summed E-state index contributed by atoms with van der Waals surface area (Å²) in [4.78, 5) is 18.1. The van der Waals surface area contributed by atoms with E-state index in [9.17, 15) is 4.79 Å². The lowest BCUT2D eigenvalue weighted by Crippen LogP contribution is -2.54. The van der Waals surface area contributed by atoms with Gasteiger partial charge in [-0.2, -0.15) is 0 Å². The first-order chi connectivity index (χ1) is 11.7. The van der Waals surface area contributed by atoms with Gasteiger partial charge in [0.1, 0.15) is 5.69 Å². The molecule has 0 bridgehead atoms. The molecule has 2 fully saturated rings. The quantitative estimate of drug-likeness (QED) is 0.884. The Morgan fingerprint density at radius 1 is 1.25 bits per heavy atom. The number of amides is 1. The molecule has 6 nitrogen and oxygen atoms in total. The zero-order valence-electron chi connectivity index (χ0n) is 13.3. The first-order valence-corrected chi connectivity index (χ1v) is 8.58. The van der Waals surface area contributed by atoms with Gasteiger partial charge in [0.05, 0.1) is 38.5 Å². The van der Waals surface area contributed by atoms with Gasteiger partial charge in [-0.15, -0.1) is 0 Å². The molecular formula is C17H20ClN3O3. The van der Waals surface area contributed by atoms with Gasteiger partial charge in [0.25, 0.3) is 5.91 Å². The largest absolute Gasteiger partial charge is 0.379 e. The molecule has 2 aliphatic heterocycles. The van der Waals surface area contributed by atoms with E-state index in [1.807, 2.05) is 18.2 Å². The first kappa shape index (κ1) is 15.9. The lowest BCUT2D eigenvalue weighted by molar-refractivity contribution is 0.0108. The molecule has 128 valence electrons. The fourth-order valence-corrected chi connectivity index (χ4v) is 3.67. The maximum absolute atomic E-state index is 12.6. The van der Waals surface area contributed by atoms with E-state index < -0.39 is 0 Å². The summed E-state index contributed by atoms with van der Waals surface area (Å²) in [7, 11) is 0. The lowest BCUT2D eigenvalue weighted by atomic mass is 10.1. The Morgan fingerprint density at radius 2 is 2.08 bits per heavy atom. The molecule has 1 aromatic carbocycles. The van der Waals surface area contributed by atoms with Gasteiger partial charge < -0.3 is 19.8 Å². The number of hydrogen-bond acceptors (Lipinski definition) is 4. The molecular weight excluding hydrogens is 330 g/mol. The molecule has 0 radical (unpaired) electrons. The van der Waals surface area contributed by atoms with Gasteiger partial charge in [-0.3, -0.25) is 9.69 Å². The molecule has 2 aromatic rings. The average Bonchev–Trinajstić information content (AvgIpc) is 3.23. The van der Waals surface area contributed by atoms with Crippen LogP contribution in [-0.4, -0.2) is 67.4 Å². The van der Waals surface area contributed by atoms with Crippen LogP contribution in [0.5, 0.6) is 0 Å². The minimum Gasteiger partial charge on any atom is -0.379 e. The van der Waals surface area contributed by atoms with Crippen LogP contribution in [0.3, 0.4) is 0 Å². The fourth-order valence-electron chi connectivity index (χ4n) is 3.44. The average molecular weight is 350 g/mol. The van der Waals surface area contributed by atoms with Crippen molar-refractivity contribution in [2.75, 3.05) is 39.5 Å². The normalized spacial score (nSPS) is 25.2. The Morgan fingerprint density at radius 3 is 2.88 bits per heavy atom. The molecule has 2 saturated heterocycles. The van der Waals surface area contributed by atoms with E-state index in [-0.39, 0.29) is 18.0 Å². The van der Waals surface area contributed by atoms with Crippen molar-refractivity contribution in [3.05, 3.63) is 35.0 Å².